The van der Waals surface area contributed by atoms with Gasteiger partial charge in [-0.25, -0.2) is 4.39 Å². The van der Waals surface area contributed by atoms with E-state index in [9.17, 15) is 4.39 Å². The summed E-state index contributed by atoms with van der Waals surface area (Å²) in [6, 6.07) is 4.66. The highest BCUT2D eigenvalue weighted by atomic mass is 127. The largest absolute Gasteiger partial charge is 0.267 e. The van der Waals surface area contributed by atoms with Crippen LogP contribution in [0, 0.1) is 9.39 Å². The van der Waals surface area contributed by atoms with Gasteiger partial charge >= 0.3 is 0 Å². The minimum absolute atomic E-state index is 0.298. The molecular weight excluding hydrogens is 329 g/mol. The van der Waals surface area contributed by atoms with Crippen LogP contribution in [0.1, 0.15) is 5.56 Å². The van der Waals surface area contributed by atoms with E-state index in [1.54, 1.807) is 23.0 Å². The van der Waals surface area contributed by atoms with E-state index >= 15 is 0 Å². The van der Waals surface area contributed by atoms with Crippen LogP contribution in [0.2, 0.25) is 5.02 Å². The maximum Gasteiger partial charge on any atom is 0.129 e. The van der Waals surface area contributed by atoms with Crippen LogP contribution in [0.3, 0.4) is 0 Å². The van der Waals surface area contributed by atoms with Gasteiger partial charge in [0.2, 0.25) is 0 Å². The lowest BCUT2D eigenvalue weighted by Crippen LogP contribution is -2.02. The van der Waals surface area contributed by atoms with E-state index in [1.165, 1.54) is 6.07 Å². The summed E-state index contributed by atoms with van der Waals surface area (Å²) < 4.78 is 16.1. The number of halogens is 3. The Morgan fingerprint density at radius 1 is 1.47 bits per heavy atom. The van der Waals surface area contributed by atoms with E-state index in [1.807, 2.05) is 6.20 Å². The molecule has 0 aliphatic rings. The lowest BCUT2D eigenvalue weighted by Gasteiger charge is -2.05. The number of rotatable bonds is 2. The Bertz CT molecular complexity index is 464. The van der Waals surface area contributed by atoms with Crippen LogP contribution in [-0.2, 0) is 6.54 Å². The minimum Gasteiger partial charge on any atom is -0.267 e. The molecule has 1 aromatic heterocycles. The maximum atomic E-state index is 13.4. The Morgan fingerprint density at radius 2 is 2.27 bits per heavy atom. The molecule has 5 heteroatoms. The van der Waals surface area contributed by atoms with E-state index in [4.69, 9.17) is 11.6 Å². The first-order valence-electron chi connectivity index (χ1n) is 4.27. The molecule has 0 aliphatic carbocycles. The van der Waals surface area contributed by atoms with Crippen molar-refractivity contribution in [2.24, 2.45) is 0 Å². The molecule has 0 amide bonds. The number of hydrogen-bond donors (Lipinski definition) is 0. The average Bonchev–Trinajstić information content (AvgIpc) is 2.58. The first-order valence-corrected chi connectivity index (χ1v) is 5.73. The maximum absolute atomic E-state index is 13.4. The van der Waals surface area contributed by atoms with Crippen molar-refractivity contribution in [3.63, 3.8) is 0 Å². The summed E-state index contributed by atoms with van der Waals surface area (Å²) in [4.78, 5) is 0. The van der Waals surface area contributed by atoms with Gasteiger partial charge in [-0.15, -0.1) is 0 Å². The number of aromatic nitrogens is 2. The monoisotopic (exact) mass is 336 g/mol. The molecule has 0 bridgehead atoms. The third kappa shape index (κ3) is 2.49. The van der Waals surface area contributed by atoms with Gasteiger partial charge in [-0.2, -0.15) is 5.10 Å². The number of nitrogens with zero attached hydrogens (tertiary/aromatic N) is 2. The van der Waals surface area contributed by atoms with Crippen LogP contribution < -0.4 is 0 Å². The predicted molar refractivity (Wildman–Crippen MR) is 65.5 cm³/mol. The zero-order valence-electron chi connectivity index (χ0n) is 7.62. The molecule has 1 heterocycles. The summed E-state index contributed by atoms with van der Waals surface area (Å²) in [6.07, 6.45) is 3.55. The van der Waals surface area contributed by atoms with Crippen molar-refractivity contribution in [2.75, 3.05) is 0 Å². The molecule has 0 N–H and O–H groups in total. The second-order valence-electron chi connectivity index (χ2n) is 3.06. The van der Waals surface area contributed by atoms with Gasteiger partial charge < -0.3 is 0 Å². The molecule has 1 aromatic carbocycles. The molecule has 0 saturated carbocycles. The molecule has 2 aromatic rings. The number of benzene rings is 1. The van der Waals surface area contributed by atoms with Crippen LogP contribution >= 0.6 is 34.2 Å². The van der Waals surface area contributed by atoms with E-state index in [0.717, 1.165) is 3.57 Å². The molecular formula is C10H7ClFIN2. The fraction of sp³-hybridized carbons (Fsp3) is 0.100. The van der Waals surface area contributed by atoms with Crippen LogP contribution in [0.4, 0.5) is 4.39 Å². The van der Waals surface area contributed by atoms with Crippen LogP contribution in [0.25, 0.3) is 0 Å². The highest BCUT2D eigenvalue weighted by Gasteiger charge is 2.07. The van der Waals surface area contributed by atoms with Crippen molar-refractivity contribution in [1.29, 1.82) is 0 Å². The summed E-state index contributed by atoms with van der Waals surface area (Å²) in [5, 5.41) is 4.51. The number of hydrogen-bond acceptors (Lipinski definition) is 1. The van der Waals surface area contributed by atoms with Gasteiger partial charge in [0.1, 0.15) is 5.82 Å². The normalized spacial score (nSPS) is 10.6. The third-order valence-electron chi connectivity index (χ3n) is 1.98. The molecule has 0 aliphatic heterocycles. The van der Waals surface area contributed by atoms with E-state index in [-0.39, 0.29) is 5.82 Å². The predicted octanol–water partition coefficient (Wildman–Crippen LogP) is 3.33. The highest BCUT2D eigenvalue weighted by molar-refractivity contribution is 14.1. The Labute approximate surface area is 105 Å². The summed E-state index contributed by atoms with van der Waals surface area (Å²) >= 11 is 8.05. The van der Waals surface area contributed by atoms with Gasteiger partial charge in [0, 0.05) is 16.8 Å². The SMILES string of the molecule is Fc1cccc(Cl)c1Cn1cc(I)cn1. The molecule has 0 fully saturated rings. The quantitative estimate of drug-likeness (QED) is 0.769. The van der Waals surface area contributed by atoms with Gasteiger partial charge in [0.05, 0.1) is 16.3 Å². The van der Waals surface area contributed by atoms with Crippen molar-refractivity contribution >= 4 is 34.2 Å². The third-order valence-corrected chi connectivity index (χ3v) is 2.89. The minimum atomic E-state index is -0.298. The summed E-state index contributed by atoms with van der Waals surface area (Å²) in [6.45, 7) is 0.356. The average molecular weight is 337 g/mol. The molecule has 0 unspecified atom stereocenters. The lowest BCUT2D eigenvalue weighted by atomic mass is 10.2. The van der Waals surface area contributed by atoms with Crippen LogP contribution in [0.15, 0.2) is 30.6 Å². The molecule has 0 radical (unpaired) electrons. The molecule has 0 saturated heterocycles. The zero-order chi connectivity index (χ0) is 10.8. The molecule has 2 nitrogen and oxygen atoms in total. The van der Waals surface area contributed by atoms with E-state index in [0.29, 0.717) is 17.1 Å². The van der Waals surface area contributed by atoms with Crippen molar-refractivity contribution in [2.45, 2.75) is 6.54 Å². The zero-order valence-corrected chi connectivity index (χ0v) is 10.5. The van der Waals surface area contributed by atoms with Crippen LogP contribution in [-0.4, -0.2) is 9.78 Å². The standard InChI is InChI=1S/C10H7ClFIN2/c11-9-2-1-3-10(12)8(9)6-15-5-7(13)4-14-15/h1-5H,6H2. The van der Waals surface area contributed by atoms with Crippen molar-refractivity contribution in [3.05, 3.63) is 50.6 Å². The second-order valence-corrected chi connectivity index (χ2v) is 4.71. The fourth-order valence-electron chi connectivity index (χ4n) is 1.27. The first-order chi connectivity index (χ1) is 7.16. The first kappa shape index (κ1) is 10.9. The van der Waals surface area contributed by atoms with Crippen molar-refractivity contribution in [3.8, 4) is 0 Å². The second kappa shape index (κ2) is 4.49. The molecule has 78 valence electrons. The van der Waals surface area contributed by atoms with Gasteiger partial charge in [-0.3, -0.25) is 4.68 Å². The molecule has 15 heavy (non-hydrogen) atoms. The summed E-state index contributed by atoms with van der Waals surface area (Å²) in [5.74, 6) is -0.298. The Hall–Kier alpha value is -0.620. The topological polar surface area (TPSA) is 17.8 Å². The van der Waals surface area contributed by atoms with Crippen molar-refractivity contribution < 1.29 is 4.39 Å². The smallest absolute Gasteiger partial charge is 0.129 e. The van der Waals surface area contributed by atoms with E-state index in [2.05, 4.69) is 27.7 Å². The highest BCUT2D eigenvalue weighted by Crippen LogP contribution is 2.19. The molecule has 2 rings (SSSR count). The Morgan fingerprint density at radius 3 is 2.87 bits per heavy atom. The Kier molecular flexibility index (Phi) is 3.25. The van der Waals surface area contributed by atoms with Gasteiger partial charge in [0.15, 0.2) is 0 Å². The molecule has 0 spiro atoms. The van der Waals surface area contributed by atoms with Gasteiger partial charge in [0.25, 0.3) is 0 Å². The van der Waals surface area contributed by atoms with Crippen LogP contribution in [0.5, 0.6) is 0 Å². The lowest BCUT2D eigenvalue weighted by molar-refractivity contribution is 0.585. The Balaban J connectivity index is 2.31. The van der Waals surface area contributed by atoms with Crippen molar-refractivity contribution in [1.82, 2.24) is 9.78 Å². The van der Waals surface area contributed by atoms with Gasteiger partial charge in [-0.1, -0.05) is 17.7 Å². The fourth-order valence-corrected chi connectivity index (χ4v) is 1.94. The van der Waals surface area contributed by atoms with Gasteiger partial charge in [-0.05, 0) is 34.7 Å². The summed E-state index contributed by atoms with van der Waals surface area (Å²) in [7, 11) is 0. The molecule has 0 atom stereocenters. The van der Waals surface area contributed by atoms with E-state index < -0.39 is 0 Å². The summed E-state index contributed by atoms with van der Waals surface area (Å²) in [5.41, 5.74) is 0.471.